The van der Waals surface area contributed by atoms with E-state index in [9.17, 15) is 13.2 Å². The highest BCUT2D eigenvalue weighted by molar-refractivity contribution is 7.92. The molecule has 0 aliphatic carbocycles. The summed E-state index contributed by atoms with van der Waals surface area (Å²) < 4.78 is 33.5. The molecule has 0 aliphatic heterocycles. The molecular formula is C21H21N5O3S. The molecule has 0 aliphatic rings. The molecule has 0 fully saturated rings. The van der Waals surface area contributed by atoms with Crippen molar-refractivity contribution < 1.29 is 8.42 Å². The highest BCUT2D eigenvalue weighted by Crippen LogP contribution is 2.27. The van der Waals surface area contributed by atoms with Gasteiger partial charge in [-0.15, -0.1) is 0 Å². The number of hydrogen-bond acceptors (Lipinski definition) is 4. The predicted octanol–water partition coefficient (Wildman–Crippen LogP) is 2.69. The van der Waals surface area contributed by atoms with E-state index in [1.54, 1.807) is 50.0 Å². The fraction of sp³-hybridized carbons (Fsp3) is 0.143. The molecule has 0 spiro atoms. The Bertz CT molecular complexity index is 1370. The number of anilines is 1. The first-order valence-electron chi connectivity index (χ1n) is 9.25. The van der Waals surface area contributed by atoms with Gasteiger partial charge in [-0.3, -0.25) is 18.9 Å². The van der Waals surface area contributed by atoms with Crippen molar-refractivity contribution in [3.63, 3.8) is 0 Å². The SMILES string of the molecule is Cc1c(NS(=O)(=O)c2cn(C)nc2-c2ccccc2)c(=O)n(-c2ccccc2)n1C. The van der Waals surface area contributed by atoms with Gasteiger partial charge in [-0.05, 0) is 19.1 Å². The number of para-hydroxylation sites is 1. The van der Waals surface area contributed by atoms with Crippen LogP contribution in [0.5, 0.6) is 0 Å². The lowest BCUT2D eigenvalue weighted by Crippen LogP contribution is -2.23. The Kier molecular flexibility index (Phi) is 4.83. The van der Waals surface area contributed by atoms with E-state index in [-0.39, 0.29) is 10.6 Å². The van der Waals surface area contributed by atoms with E-state index in [0.717, 1.165) is 0 Å². The fourth-order valence-corrected chi connectivity index (χ4v) is 4.65. The maximum atomic E-state index is 13.2. The quantitative estimate of drug-likeness (QED) is 0.534. The first kappa shape index (κ1) is 19.7. The van der Waals surface area contributed by atoms with Crippen molar-refractivity contribution in [1.82, 2.24) is 19.1 Å². The molecule has 2 heterocycles. The fourth-order valence-electron chi connectivity index (χ4n) is 3.33. The summed E-state index contributed by atoms with van der Waals surface area (Å²) in [5, 5.41) is 4.31. The molecule has 0 unspecified atom stereocenters. The standard InChI is InChI=1S/C21H21N5O3S/c1-15-19(21(27)26(25(15)3)17-12-8-5-9-13-17)23-30(28,29)18-14-24(2)22-20(18)16-10-6-4-7-11-16/h4-14,23H,1-3H3. The minimum absolute atomic E-state index is 0.00391. The van der Waals surface area contributed by atoms with Gasteiger partial charge < -0.3 is 0 Å². The lowest BCUT2D eigenvalue weighted by Gasteiger charge is -2.07. The molecule has 0 atom stereocenters. The van der Waals surface area contributed by atoms with Crippen LogP contribution in [-0.4, -0.2) is 27.6 Å². The van der Waals surface area contributed by atoms with Gasteiger partial charge in [-0.2, -0.15) is 5.10 Å². The number of rotatable bonds is 5. The summed E-state index contributed by atoms with van der Waals surface area (Å²) in [6, 6.07) is 18.1. The van der Waals surface area contributed by atoms with Crippen LogP contribution in [0.4, 0.5) is 5.69 Å². The summed E-state index contributed by atoms with van der Waals surface area (Å²) in [7, 11) is -0.698. The summed E-state index contributed by atoms with van der Waals surface area (Å²) in [5.41, 5.74) is 1.69. The van der Waals surface area contributed by atoms with Crippen LogP contribution in [0.1, 0.15) is 5.69 Å². The van der Waals surface area contributed by atoms with Gasteiger partial charge in [0.2, 0.25) is 0 Å². The van der Waals surface area contributed by atoms with Gasteiger partial charge in [0.15, 0.2) is 0 Å². The van der Waals surface area contributed by atoms with Crippen molar-refractivity contribution >= 4 is 15.7 Å². The Morgan fingerprint density at radius 3 is 2.17 bits per heavy atom. The third-order valence-corrected chi connectivity index (χ3v) is 6.27. The van der Waals surface area contributed by atoms with Crippen LogP contribution in [0.2, 0.25) is 0 Å². The van der Waals surface area contributed by atoms with Crippen LogP contribution in [0, 0.1) is 6.92 Å². The topological polar surface area (TPSA) is 90.9 Å². The van der Waals surface area contributed by atoms with Crippen molar-refractivity contribution in [1.29, 1.82) is 0 Å². The van der Waals surface area contributed by atoms with Crippen LogP contribution in [0.3, 0.4) is 0 Å². The lowest BCUT2D eigenvalue weighted by molar-refractivity contribution is 0.601. The average molecular weight is 423 g/mol. The molecule has 1 N–H and O–H groups in total. The molecular weight excluding hydrogens is 402 g/mol. The average Bonchev–Trinajstić information content (AvgIpc) is 3.23. The second-order valence-corrected chi connectivity index (χ2v) is 8.57. The Morgan fingerprint density at radius 2 is 1.53 bits per heavy atom. The molecule has 0 saturated carbocycles. The van der Waals surface area contributed by atoms with E-state index in [1.807, 2.05) is 36.4 Å². The van der Waals surface area contributed by atoms with E-state index in [4.69, 9.17) is 0 Å². The molecule has 0 bridgehead atoms. The van der Waals surface area contributed by atoms with Gasteiger partial charge in [0.1, 0.15) is 16.3 Å². The third kappa shape index (κ3) is 3.33. The van der Waals surface area contributed by atoms with Crippen LogP contribution in [0.15, 0.2) is 76.6 Å². The van der Waals surface area contributed by atoms with Gasteiger partial charge >= 0.3 is 0 Å². The maximum Gasteiger partial charge on any atom is 0.296 e. The number of nitrogens with one attached hydrogen (secondary N) is 1. The minimum Gasteiger partial charge on any atom is -0.283 e. The summed E-state index contributed by atoms with van der Waals surface area (Å²) in [4.78, 5) is 13.1. The van der Waals surface area contributed by atoms with Crippen molar-refractivity contribution in [2.24, 2.45) is 14.1 Å². The zero-order valence-corrected chi connectivity index (χ0v) is 17.6. The largest absolute Gasteiger partial charge is 0.296 e. The summed E-state index contributed by atoms with van der Waals surface area (Å²) in [5.74, 6) is 0. The monoisotopic (exact) mass is 423 g/mol. The summed E-state index contributed by atoms with van der Waals surface area (Å²) in [6.45, 7) is 1.69. The van der Waals surface area contributed by atoms with Gasteiger partial charge in [-0.1, -0.05) is 48.5 Å². The number of sulfonamides is 1. The van der Waals surface area contributed by atoms with E-state index >= 15 is 0 Å². The maximum absolute atomic E-state index is 13.2. The molecule has 4 aromatic rings. The molecule has 8 nitrogen and oxygen atoms in total. The summed E-state index contributed by atoms with van der Waals surface area (Å²) >= 11 is 0. The van der Waals surface area contributed by atoms with E-state index in [2.05, 4.69) is 9.82 Å². The third-order valence-electron chi connectivity index (χ3n) is 4.92. The van der Waals surface area contributed by atoms with Gasteiger partial charge in [0, 0.05) is 25.9 Å². The van der Waals surface area contributed by atoms with E-state index in [1.165, 1.54) is 15.6 Å². The first-order valence-corrected chi connectivity index (χ1v) is 10.7. The van der Waals surface area contributed by atoms with E-state index < -0.39 is 15.6 Å². The van der Waals surface area contributed by atoms with Crippen molar-refractivity contribution in [3.8, 4) is 16.9 Å². The number of aromatic nitrogens is 4. The van der Waals surface area contributed by atoms with Crippen LogP contribution < -0.4 is 10.3 Å². The van der Waals surface area contributed by atoms with Crippen LogP contribution >= 0.6 is 0 Å². The van der Waals surface area contributed by atoms with Crippen LogP contribution in [0.25, 0.3) is 16.9 Å². The predicted molar refractivity (Wildman–Crippen MR) is 115 cm³/mol. The first-order chi connectivity index (χ1) is 14.3. The second kappa shape index (κ2) is 7.34. The second-order valence-electron chi connectivity index (χ2n) is 6.92. The molecule has 4 rings (SSSR count). The Hall–Kier alpha value is -3.59. The zero-order chi connectivity index (χ0) is 21.5. The van der Waals surface area contributed by atoms with Crippen molar-refractivity contribution in [3.05, 3.63) is 82.9 Å². The Labute approximate surface area is 174 Å². The molecule has 2 aromatic heterocycles. The van der Waals surface area contributed by atoms with Crippen molar-refractivity contribution in [2.45, 2.75) is 11.8 Å². The molecule has 2 aromatic carbocycles. The lowest BCUT2D eigenvalue weighted by atomic mass is 10.2. The minimum atomic E-state index is -4.06. The smallest absolute Gasteiger partial charge is 0.283 e. The highest BCUT2D eigenvalue weighted by Gasteiger charge is 2.27. The molecule has 0 radical (unpaired) electrons. The van der Waals surface area contributed by atoms with Crippen LogP contribution in [-0.2, 0) is 24.1 Å². The molecule has 30 heavy (non-hydrogen) atoms. The highest BCUT2D eigenvalue weighted by atomic mass is 32.2. The number of benzene rings is 2. The molecule has 9 heteroatoms. The summed E-state index contributed by atoms with van der Waals surface area (Å²) in [6.07, 6.45) is 1.43. The number of hydrogen-bond donors (Lipinski definition) is 1. The van der Waals surface area contributed by atoms with E-state index in [0.29, 0.717) is 22.6 Å². The Balaban J connectivity index is 1.81. The van der Waals surface area contributed by atoms with Gasteiger partial charge in [-0.25, -0.2) is 13.1 Å². The number of aryl methyl sites for hydroxylation is 1. The molecule has 0 amide bonds. The molecule has 0 saturated heterocycles. The molecule has 154 valence electrons. The Morgan fingerprint density at radius 1 is 0.933 bits per heavy atom. The van der Waals surface area contributed by atoms with Gasteiger partial charge in [0.25, 0.3) is 15.6 Å². The van der Waals surface area contributed by atoms with Gasteiger partial charge in [0.05, 0.1) is 11.4 Å². The van der Waals surface area contributed by atoms with Crippen molar-refractivity contribution in [2.75, 3.05) is 4.72 Å². The normalized spacial score (nSPS) is 11.6. The number of nitrogens with zero attached hydrogens (tertiary/aromatic N) is 4. The zero-order valence-electron chi connectivity index (χ0n) is 16.8.